The summed E-state index contributed by atoms with van der Waals surface area (Å²) in [5.41, 5.74) is 0.850. The van der Waals surface area contributed by atoms with Gasteiger partial charge in [0.15, 0.2) is 11.5 Å². The van der Waals surface area contributed by atoms with Crippen LogP contribution in [0.3, 0.4) is 0 Å². The minimum Gasteiger partial charge on any atom is -0.504 e. The average Bonchev–Trinajstić information content (AvgIpc) is 2.54. The molecule has 2 aromatic rings. The number of phenols is 1. The molecule has 13 heavy (non-hydrogen) atoms. The van der Waals surface area contributed by atoms with Crippen LogP contribution in [0, 0.1) is 6.92 Å². The van der Waals surface area contributed by atoms with E-state index in [0.29, 0.717) is 5.75 Å². The topological polar surface area (TPSA) is 29.5 Å². The second kappa shape index (κ2) is 2.92. The van der Waals surface area contributed by atoms with E-state index in [4.69, 9.17) is 4.74 Å². The molecular weight excluding hydrogens is 184 g/mol. The Bertz CT molecular complexity index is 445. The maximum absolute atomic E-state index is 9.70. The molecule has 0 aliphatic carbocycles. The van der Waals surface area contributed by atoms with E-state index in [2.05, 4.69) is 0 Å². The molecule has 1 N–H and O–H groups in total. The average molecular weight is 194 g/mol. The number of hydrogen-bond acceptors (Lipinski definition) is 3. The Morgan fingerprint density at radius 1 is 1.46 bits per heavy atom. The molecule has 2 nitrogen and oxygen atoms in total. The highest BCUT2D eigenvalue weighted by atomic mass is 32.1. The zero-order chi connectivity index (χ0) is 9.42. The van der Waals surface area contributed by atoms with Crippen LogP contribution in [0.1, 0.15) is 5.56 Å². The van der Waals surface area contributed by atoms with Gasteiger partial charge in [0, 0.05) is 0 Å². The summed E-state index contributed by atoms with van der Waals surface area (Å²) in [5, 5.41) is 12.8. The molecule has 0 radical (unpaired) electrons. The molecule has 0 saturated carbocycles. The van der Waals surface area contributed by atoms with Crippen LogP contribution in [0.4, 0.5) is 0 Å². The van der Waals surface area contributed by atoms with E-state index in [0.717, 1.165) is 15.6 Å². The number of rotatable bonds is 1. The summed E-state index contributed by atoms with van der Waals surface area (Å²) in [5.74, 6) is 0.836. The zero-order valence-corrected chi connectivity index (χ0v) is 8.31. The van der Waals surface area contributed by atoms with Crippen LogP contribution in [-0.4, -0.2) is 12.2 Å². The first kappa shape index (κ1) is 8.38. The molecule has 0 amide bonds. The number of aryl methyl sites for hydroxylation is 1. The predicted octanol–water partition coefficient (Wildman–Crippen LogP) is 2.92. The Hall–Kier alpha value is -1.22. The van der Waals surface area contributed by atoms with Crippen molar-refractivity contribution >= 4 is 21.4 Å². The lowest BCUT2D eigenvalue weighted by atomic mass is 10.1. The Kier molecular flexibility index (Phi) is 1.88. The molecule has 0 spiro atoms. The second-order valence-electron chi connectivity index (χ2n) is 2.91. The number of methoxy groups -OCH3 is 1. The van der Waals surface area contributed by atoms with Crippen molar-refractivity contribution in [1.82, 2.24) is 0 Å². The monoisotopic (exact) mass is 194 g/mol. The third-order valence-corrected chi connectivity index (χ3v) is 3.00. The fourth-order valence-corrected chi connectivity index (χ4v) is 2.30. The van der Waals surface area contributed by atoms with Gasteiger partial charge in [0.05, 0.1) is 11.8 Å². The molecule has 0 saturated heterocycles. The van der Waals surface area contributed by atoms with Crippen molar-refractivity contribution in [3.05, 3.63) is 23.1 Å². The molecule has 68 valence electrons. The quantitative estimate of drug-likeness (QED) is 0.756. The van der Waals surface area contributed by atoms with Crippen molar-refractivity contribution in [2.45, 2.75) is 6.92 Å². The number of ether oxygens (including phenoxy) is 1. The SMILES string of the molecule is COc1c(O)c(C)cc2ccsc12. The van der Waals surface area contributed by atoms with E-state index in [1.165, 1.54) is 0 Å². The van der Waals surface area contributed by atoms with Crippen molar-refractivity contribution in [3.8, 4) is 11.5 Å². The maximum Gasteiger partial charge on any atom is 0.178 e. The van der Waals surface area contributed by atoms with E-state index in [-0.39, 0.29) is 5.75 Å². The van der Waals surface area contributed by atoms with Crippen LogP contribution >= 0.6 is 11.3 Å². The van der Waals surface area contributed by atoms with E-state index < -0.39 is 0 Å². The first-order valence-electron chi connectivity index (χ1n) is 3.98. The second-order valence-corrected chi connectivity index (χ2v) is 3.83. The van der Waals surface area contributed by atoms with Gasteiger partial charge in [-0.25, -0.2) is 0 Å². The van der Waals surface area contributed by atoms with E-state index >= 15 is 0 Å². The molecule has 2 rings (SSSR count). The summed E-state index contributed by atoms with van der Waals surface area (Å²) in [4.78, 5) is 0. The zero-order valence-electron chi connectivity index (χ0n) is 7.50. The van der Waals surface area contributed by atoms with Crippen LogP contribution in [0.25, 0.3) is 10.1 Å². The predicted molar refractivity (Wildman–Crippen MR) is 54.8 cm³/mol. The van der Waals surface area contributed by atoms with E-state index in [1.54, 1.807) is 18.4 Å². The van der Waals surface area contributed by atoms with Gasteiger partial charge in [-0.1, -0.05) is 0 Å². The molecular formula is C10H10O2S. The van der Waals surface area contributed by atoms with Gasteiger partial charge in [0.25, 0.3) is 0 Å². The standard InChI is InChI=1S/C10H10O2S/c1-6-5-7-3-4-13-10(7)9(12-2)8(6)11/h3-5,11H,1-2H3. The molecule has 0 fully saturated rings. The normalized spacial score (nSPS) is 10.6. The van der Waals surface area contributed by atoms with Gasteiger partial charge < -0.3 is 9.84 Å². The highest BCUT2D eigenvalue weighted by Crippen LogP contribution is 2.40. The summed E-state index contributed by atoms with van der Waals surface area (Å²) in [6.45, 7) is 1.87. The van der Waals surface area contributed by atoms with Gasteiger partial charge in [-0.05, 0) is 35.4 Å². The Balaban J connectivity index is 2.87. The lowest BCUT2D eigenvalue weighted by Crippen LogP contribution is -1.85. The first-order chi connectivity index (χ1) is 6.24. The minimum absolute atomic E-state index is 0.248. The summed E-state index contributed by atoms with van der Waals surface area (Å²) >= 11 is 1.58. The Morgan fingerprint density at radius 2 is 2.23 bits per heavy atom. The third kappa shape index (κ3) is 1.16. The Morgan fingerprint density at radius 3 is 2.92 bits per heavy atom. The van der Waals surface area contributed by atoms with Crippen molar-refractivity contribution in [2.24, 2.45) is 0 Å². The van der Waals surface area contributed by atoms with Gasteiger partial charge >= 0.3 is 0 Å². The number of aromatic hydroxyl groups is 1. The number of phenolic OH excluding ortho intramolecular Hbond substituents is 1. The maximum atomic E-state index is 9.70. The molecule has 0 aliphatic heterocycles. The third-order valence-electron chi connectivity index (χ3n) is 2.07. The smallest absolute Gasteiger partial charge is 0.178 e. The summed E-state index contributed by atoms with van der Waals surface area (Å²) < 4.78 is 6.16. The number of thiophene rings is 1. The van der Waals surface area contributed by atoms with Crippen LogP contribution in [0.2, 0.25) is 0 Å². The first-order valence-corrected chi connectivity index (χ1v) is 4.85. The highest BCUT2D eigenvalue weighted by molar-refractivity contribution is 7.17. The van der Waals surface area contributed by atoms with Crippen LogP contribution in [0.15, 0.2) is 17.5 Å². The van der Waals surface area contributed by atoms with Gasteiger partial charge in [0.2, 0.25) is 0 Å². The van der Waals surface area contributed by atoms with Crippen molar-refractivity contribution in [2.75, 3.05) is 7.11 Å². The highest BCUT2D eigenvalue weighted by Gasteiger charge is 2.10. The molecule has 0 bridgehead atoms. The van der Waals surface area contributed by atoms with Gasteiger partial charge in [-0.2, -0.15) is 0 Å². The van der Waals surface area contributed by atoms with Crippen LogP contribution in [-0.2, 0) is 0 Å². The van der Waals surface area contributed by atoms with E-state index in [9.17, 15) is 5.11 Å². The minimum atomic E-state index is 0.248. The van der Waals surface area contributed by atoms with E-state index in [1.807, 2.05) is 24.4 Å². The molecule has 0 atom stereocenters. The van der Waals surface area contributed by atoms with Crippen molar-refractivity contribution < 1.29 is 9.84 Å². The number of fused-ring (bicyclic) bond motifs is 1. The Labute approximate surface area is 80.4 Å². The van der Waals surface area contributed by atoms with Crippen LogP contribution in [0.5, 0.6) is 11.5 Å². The number of hydrogen-bond donors (Lipinski definition) is 1. The lowest BCUT2D eigenvalue weighted by molar-refractivity contribution is 0.377. The molecule has 1 heterocycles. The van der Waals surface area contributed by atoms with Gasteiger partial charge in [-0.15, -0.1) is 11.3 Å². The molecule has 1 aromatic carbocycles. The van der Waals surface area contributed by atoms with Crippen molar-refractivity contribution in [3.63, 3.8) is 0 Å². The molecule has 0 unspecified atom stereocenters. The van der Waals surface area contributed by atoms with Gasteiger partial charge in [0.1, 0.15) is 0 Å². The fraction of sp³-hybridized carbons (Fsp3) is 0.200. The molecule has 1 aromatic heterocycles. The van der Waals surface area contributed by atoms with Crippen LogP contribution < -0.4 is 4.74 Å². The number of benzene rings is 1. The van der Waals surface area contributed by atoms with Gasteiger partial charge in [-0.3, -0.25) is 0 Å². The molecule has 0 aliphatic rings. The lowest BCUT2D eigenvalue weighted by Gasteiger charge is -2.06. The summed E-state index contributed by atoms with van der Waals surface area (Å²) in [7, 11) is 1.58. The summed E-state index contributed by atoms with van der Waals surface area (Å²) in [6, 6.07) is 3.98. The fourth-order valence-electron chi connectivity index (χ4n) is 1.39. The largest absolute Gasteiger partial charge is 0.504 e. The molecule has 3 heteroatoms. The summed E-state index contributed by atoms with van der Waals surface area (Å²) in [6.07, 6.45) is 0. The van der Waals surface area contributed by atoms with Crippen molar-refractivity contribution in [1.29, 1.82) is 0 Å².